The summed E-state index contributed by atoms with van der Waals surface area (Å²) in [6.07, 6.45) is -0.0655. The molecule has 9 heteroatoms. The van der Waals surface area contributed by atoms with Crippen LogP contribution in [0.2, 0.25) is 0 Å². The molecule has 1 atom stereocenters. The normalized spacial score (nSPS) is 14.2. The van der Waals surface area contributed by atoms with E-state index < -0.39 is 17.8 Å². The van der Waals surface area contributed by atoms with Crippen molar-refractivity contribution in [3.05, 3.63) is 118 Å². The van der Waals surface area contributed by atoms with E-state index in [0.29, 0.717) is 11.1 Å². The lowest BCUT2D eigenvalue weighted by Gasteiger charge is -2.21. The van der Waals surface area contributed by atoms with Crippen molar-refractivity contribution in [1.82, 2.24) is 14.9 Å². The first-order chi connectivity index (χ1) is 19.0. The van der Waals surface area contributed by atoms with E-state index in [1.807, 2.05) is 0 Å². The van der Waals surface area contributed by atoms with E-state index >= 15 is 0 Å². The van der Waals surface area contributed by atoms with Gasteiger partial charge in [-0.05, 0) is 96.8 Å². The van der Waals surface area contributed by atoms with Gasteiger partial charge in [0, 0.05) is 30.1 Å². The Morgan fingerprint density at radius 2 is 1.85 bits per heavy atom. The fraction of sp³-hybridized carbons (Fsp3) is 0.258. The summed E-state index contributed by atoms with van der Waals surface area (Å²) in [5.41, 5.74) is 2.02. The Bertz CT molecular complexity index is 1640. The third-order valence-electron chi connectivity index (χ3n) is 7.19. The van der Waals surface area contributed by atoms with E-state index in [1.165, 1.54) is 24.3 Å². The number of hydrogen-bond acceptors (Lipinski definition) is 3. The van der Waals surface area contributed by atoms with Crippen LogP contribution < -0.4 is 10.8 Å². The molecule has 2 aromatic heterocycles. The van der Waals surface area contributed by atoms with Crippen LogP contribution in [0.25, 0.3) is 11.1 Å². The van der Waals surface area contributed by atoms with Gasteiger partial charge in [-0.2, -0.15) is 13.2 Å². The Morgan fingerprint density at radius 1 is 1.07 bits per heavy atom. The molecule has 5 rings (SSSR count). The summed E-state index contributed by atoms with van der Waals surface area (Å²) >= 11 is 0. The molecule has 0 aliphatic heterocycles. The fourth-order valence-electron chi connectivity index (χ4n) is 4.92. The molecule has 0 radical (unpaired) electrons. The topological polar surface area (TPSA) is 70.8 Å². The lowest BCUT2D eigenvalue weighted by Crippen LogP contribution is -2.30. The number of alkyl halides is 3. The second-order valence-electron chi connectivity index (χ2n) is 10.3. The van der Waals surface area contributed by atoms with Crippen LogP contribution in [0.4, 0.5) is 17.6 Å². The molecule has 0 unspecified atom stereocenters. The third-order valence-corrected chi connectivity index (χ3v) is 7.19. The minimum Gasteiger partial charge on any atom is -0.345 e. The Balaban J connectivity index is 1.57. The number of rotatable bonds is 7. The smallest absolute Gasteiger partial charge is 0.345 e. The summed E-state index contributed by atoms with van der Waals surface area (Å²) in [6, 6.07) is 15.4. The highest BCUT2D eigenvalue weighted by molar-refractivity contribution is 5.96. The first-order valence-electron chi connectivity index (χ1n) is 13.0. The molecule has 0 bridgehead atoms. The van der Waals surface area contributed by atoms with Gasteiger partial charge in [-0.1, -0.05) is 24.3 Å². The highest BCUT2D eigenvalue weighted by Crippen LogP contribution is 2.42. The van der Waals surface area contributed by atoms with Crippen molar-refractivity contribution in [2.24, 2.45) is 5.92 Å². The number of benzene rings is 2. The number of halogens is 4. The van der Waals surface area contributed by atoms with Crippen molar-refractivity contribution in [2.75, 3.05) is 0 Å². The third kappa shape index (κ3) is 5.83. The highest BCUT2D eigenvalue weighted by atomic mass is 19.4. The highest BCUT2D eigenvalue weighted by Gasteiger charge is 2.36. The van der Waals surface area contributed by atoms with Gasteiger partial charge in [0.25, 0.3) is 5.91 Å². The van der Waals surface area contributed by atoms with Crippen molar-refractivity contribution in [1.29, 1.82) is 5.41 Å². The van der Waals surface area contributed by atoms with E-state index in [4.69, 9.17) is 5.41 Å². The summed E-state index contributed by atoms with van der Waals surface area (Å²) in [5, 5.41) is 11.4. The lowest BCUT2D eigenvalue weighted by molar-refractivity contribution is -0.140. The molecule has 1 saturated carbocycles. The quantitative estimate of drug-likeness (QED) is 0.251. The Morgan fingerprint density at radius 3 is 2.55 bits per heavy atom. The van der Waals surface area contributed by atoms with Crippen LogP contribution in [0, 0.1) is 31.0 Å². The van der Waals surface area contributed by atoms with Crippen molar-refractivity contribution in [2.45, 2.75) is 45.5 Å². The minimum atomic E-state index is -4.69. The van der Waals surface area contributed by atoms with Crippen LogP contribution >= 0.6 is 0 Å². The average Bonchev–Trinajstić information content (AvgIpc) is 3.76. The molecule has 2 N–H and O–H groups in total. The van der Waals surface area contributed by atoms with Gasteiger partial charge in [0.05, 0.1) is 6.04 Å². The molecule has 4 aromatic rings. The molecule has 5 nitrogen and oxygen atoms in total. The van der Waals surface area contributed by atoms with Gasteiger partial charge < -0.3 is 9.88 Å². The van der Waals surface area contributed by atoms with Crippen LogP contribution in [0.1, 0.15) is 57.2 Å². The SMILES string of the molecule is Cc1cc([C@@H](NC(=O)c2cc(Cn3cccc(C)c3=N)cc(-c3cccnc3C(F)(F)F)c2)C2CC2)ccc1F. The van der Waals surface area contributed by atoms with Crippen molar-refractivity contribution in [3.8, 4) is 11.1 Å². The largest absolute Gasteiger partial charge is 0.433 e. The second-order valence-corrected chi connectivity index (χ2v) is 10.3. The van der Waals surface area contributed by atoms with Crippen molar-refractivity contribution in [3.63, 3.8) is 0 Å². The number of pyridine rings is 2. The summed E-state index contributed by atoms with van der Waals surface area (Å²) in [7, 11) is 0. The number of amides is 1. The van der Waals surface area contributed by atoms with Gasteiger partial charge >= 0.3 is 6.18 Å². The Labute approximate surface area is 229 Å². The molecule has 0 spiro atoms. The average molecular weight is 549 g/mol. The number of nitrogens with zero attached hydrogens (tertiary/aromatic N) is 2. The van der Waals surface area contributed by atoms with Gasteiger partial charge in [-0.25, -0.2) is 4.39 Å². The zero-order valence-corrected chi connectivity index (χ0v) is 22.0. The molecule has 1 aliphatic rings. The molecular formula is C31H28F4N4O. The monoisotopic (exact) mass is 548 g/mol. The standard InChI is InChI=1S/C31H28F4N4O/c1-18-5-4-12-39(29(18)36)17-20-14-23(25-6-3-11-37-28(25)31(33,34)35)16-24(15-20)30(40)38-27(21-7-8-21)22-9-10-26(32)19(2)13-22/h3-6,9-16,21,27,36H,7-8,17H2,1-2H3,(H,38,40)/t27-/m0/s1. The molecule has 1 amide bonds. The van der Waals surface area contributed by atoms with Crippen LogP contribution in [-0.2, 0) is 12.7 Å². The molecule has 2 heterocycles. The van der Waals surface area contributed by atoms with Crippen LogP contribution in [0.3, 0.4) is 0 Å². The predicted molar refractivity (Wildman–Crippen MR) is 143 cm³/mol. The fourth-order valence-corrected chi connectivity index (χ4v) is 4.92. The molecule has 1 fully saturated rings. The van der Waals surface area contributed by atoms with E-state index in [9.17, 15) is 22.4 Å². The number of hydrogen-bond donors (Lipinski definition) is 2. The van der Waals surface area contributed by atoms with Crippen molar-refractivity contribution < 1.29 is 22.4 Å². The van der Waals surface area contributed by atoms with Gasteiger partial charge in [-0.3, -0.25) is 15.2 Å². The molecule has 206 valence electrons. The Hall–Kier alpha value is -4.27. The zero-order valence-electron chi connectivity index (χ0n) is 22.0. The number of aryl methyl sites for hydroxylation is 2. The van der Waals surface area contributed by atoms with Crippen LogP contribution in [0.5, 0.6) is 0 Å². The summed E-state index contributed by atoms with van der Waals surface area (Å²) < 4.78 is 57.2. The van der Waals surface area contributed by atoms with E-state index in [0.717, 1.165) is 30.2 Å². The zero-order chi connectivity index (χ0) is 28.6. The molecule has 40 heavy (non-hydrogen) atoms. The molecule has 1 aliphatic carbocycles. The van der Waals surface area contributed by atoms with Crippen LogP contribution in [0.15, 0.2) is 73.1 Å². The van der Waals surface area contributed by atoms with Crippen molar-refractivity contribution >= 4 is 5.91 Å². The summed E-state index contributed by atoms with van der Waals surface area (Å²) in [6.45, 7) is 3.64. The summed E-state index contributed by atoms with van der Waals surface area (Å²) in [4.78, 5) is 17.2. The summed E-state index contributed by atoms with van der Waals surface area (Å²) in [5.74, 6) is -0.582. The van der Waals surface area contributed by atoms with E-state index in [-0.39, 0.29) is 46.5 Å². The number of carbonyl (C=O) groups excluding carboxylic acids is 1. The number of nitrogens with one attached hydrogen (secondary N) is 2. The van der Waals surface area contributed by atoms with E-state index in [1.54, 1.807) is 61.0 Å². The van der Waals surface area contributed by atoms with E-state index in [2.05, 4.69) is 10.3 Å². The molecule has 2 aromatic carbocycles. The van der Waals surface area contributed by atoms with Gasteiger partial charge in [0.1, 0.15) is 11.3 Å². The maximum absolute atomic E-state index is 13.9. The maximum Gasteiger partial charge on any atom is 0.433 e. The second kappa shape index (κ2) is 10.7. The Kier molecular flexibility index (Phi) is 7.31. The van der Waals surface area contributed by atoms with Crippen LogP contribution in [-0.4, -0.2) is 15.5 Å². The maximum atomic E-state index is 13.9. The van der Waals surface area contributed by atoms with Gasteiger partial charge in [0.2, 0.25) is 0 Å². The van der Waals surface area contributed by atoms with Gasteiger partial charge in [-0.15, -0.1) is 0 Å². The lowest BCUT2D eigenvalue weighted by atomic mass is 9.96. The predicted octanol–water partition coefficient (Wildman–Crippen LogP) is 6.73. The minimum absolute atomic E-state index is 0.140. The molecule has 0 saturated heterocycles. The molecular weight excluding hydrogens is 520 g/mol. The first kappa shape index (κ1) is 27.3. The number of aromatic nitrogens is 2. The van der Waals surface area contributed by atoms with Gasteiger partial charge in [0.15, 0.2) is 5.69 Å². The first-order valence-corrected chi connectivity index (χ1v) is 13.0. The number of carbonyl (C=O) groups is 1.